The minimum absolute atomic E-state index is 0.0193. The van der Waals surface area contributed by atoms with Crippen molar-refractivity contribution in [2.45, 2.75) is 31.1 Å². The van der Waals surface area contributed by atoms with Gasteiger partial charge in [-0.25, -0.2) is 0 Å². The van der Waals surface area contributed by atoms with Gasteiger partial charge < -0.3 is 14.4 Å². The number of carbonyl (C=O) groups is 2. The van der Waals surface area contributed by atoms with E-state index in [0.717, 1.165) is 29.7 Å². The number of nitrogens with zero attached hydrogens (tertiary/aromatic N) is 2. The molecular weight excluding hydrogens is 276 g/mol. The number of hydrogen-bond donors (Lipinski definition) is 0. The molecular formula is C14H20N2O3S. The molecule has 0 radical (unpaired) electrons. The highest BCUT2D eigenvalue weighted by atomic mass is 32.2. The first-order valence-electron chi connectivity index (χ1n) is 7.21. The average molecular weight is 296 g/mol. The molecule has 2 saturated heterocycles. The summed E-state index contributed by atoms with van der Waals surface area (Å²) in [7, 11) is 2.19. The Labute approximate surface area is 123 Å². The van der Waals surface area contributed by atoms with E-state index in [1.807, 2.05) is 0 Å². The van der Waals surface area contributed by atoms with Gasteiger partial charge in [-0.1, -0.05) is 0 Å². The molecule has 6 heteroatoms. The van der Waals surface area contributed by atoms with Gasteiger partial charge in [0.1, 0.15) is 6.54 Å². The monoisotopic (exact) mass is 296 g/mol. The minimum Gasteiger partial charge on any atom is -0.543 e. The molecule has 3 heterocycles. The van der Waals surface area contributed by atoms with Gasteiger partial charge in [0.05, 0.1) is 43.6 Å². The summed E-state index contributed by atoms with van der Waals surface area (Å²) in [6.07, 6.45) is 4.12. The van der Waals surface area contributed by atoms with Crippen LogP contribution in [0.5, 0.6) is 0 Å². The number of carbonyl (C=O) groups excluding carboxylic acids is 2. The van der Waals surface area contributed by atoms with Crippen LogP contribution in [-0.2, 0) is 9.59 Å². The van der Waals surface area contributed by atoms with Gasteiger partial charge in [-0.2, -0.15) is 0 Å². The molecule has 2 fully saturated rings. The van der Waals surface area contributed by atoms with Crippen molar-refractivity contribution >= 4 is 23.6 Å². The van der Waals surface area contributed by atoms with Crippen molar-refractivity contribution in [1.82, 2.24) is 4.90 Å². The van der Waals surface area contributed by atoms with Crippen molar-refractivity contribution in [3.8, 4) is 0 Å². The standard InChI is InChI=1S/C14H20N2O3S/c1-16(5-3-2-4-6-16)8-10-9-20-12-7-11(17)15(12)13(10)14(18)19/h12H,2-9H2,1H3/t12-/m0/s1. The van der Waals surface area contributed by atoms with E-state index in [0.29, 0.717) is 12.2 Å². The van der Waals surface area contributed by atoms with Gasteiger partial charge in [-0.3, -0.25) is 9.69 Å². The van der Waals surface area contributed by atoms with Crippen LogP contribution in [0.15, 0.2) is 11.3 Å². The molecule has 0 aromatic carbocycles. The summed E-state index contributed by atoms with van der Waals surface area (Å²) in [6, 6.07) is 0. The third-order valence-electron chi connectivity index (χ3n) is 4.59. The Balaban J connectivity index is 1.86. The molecule has 0 aliphatic carbocycles. The molecule has 3 aliphatic rings. The molecule has 110 valence electrons. The Morgan fingerprint density at radius 2 is 2.10 bits per heavy atom. The first kappa shape index (κ1) is 13.9. The summed E-state index contributed by atoms with van der Waals surface area (Å²) in [5, 5.41) is 11.5. The molecule has 0 bridgehead atoms. The lowest BCUT2D eigenvalue weighted by Crippen LogP contribution is -2.57. The number of carboxylic acid groups (broad SMARTS) is 1. The molecule has 0 aromatic rings. The van der Waals surface area contributed by atoms with Crippen molar-refractivity contribution in [2.24, 2.45) is 0 Å². The highest BCUT2D eigenvalue weighted by Gasteiger charge is 2.44. The van der Waals surface area contributed by atoms with Crippen LogP contribution in [-0.4, -0.2) is 59.1 Å². The van der Waals surface area contributed by atoms with E-state index in [9.17, 15) is 14.7 Å². The fourth-order valence-electron chi connectivity index (χ4n) is 3.48. The second kappa shape index (κ2) is 5.07. The van der Waals surface area contributed by atoms with Crippen molar-refractivity contribution in [3.63, 3.8) is 0 Å². The fourth-order valence-corrected chi connectivity index (χ4v) is 4.74. The van der Waals surface area contributed by atoms with Crippen LogP contribution in [0.3, 0.4) is 0 Å². The van der Waals surface area contributed by atoms with Crippen molar-refractivity contribution in [3.05, 3.63) is 11.3 Å². The highest BCUT2D eigenvalue weighted by Crippen LogP contribution is 2.40. The lowest BCUT2D eigenvalue weighted by molar-refractivity contribution is -0.909. The minimum atomic E-state index is -1.19. The van der Waals surface area contributed by atoms with Gasteiger partial charge >= 0.3 is 0 Å². The maximum Gasteiger partial charge on any atom is 0.230 e. The predicted molar refractivity (Wildman–Crippen MR) is 74.4 cm³/mol. The largest absolute Gasteiger partial charge is 0.543 e. The topological polar surface area (TPSA) is 60.4 Å². The van der Waals surface area contributed by atoms with Crippen LogP contribution in [0, 0.1) is 0 Å². The normalized spacial score (nSPS) is 28.9. The third kappa shape index (κ3) is 2.35. The average Bonchev–Trinajstić information content (AvgIpc) is 2.39. The van der Waals surface area contributed by atoms with E-state index >= 15 is 0 Å². The van der Waals surface area contributed by atoms with Crippen molar-refractivity contribution < 1.29 is 19.2 Å². The number of thioether (sulfide) groups is 1. The Kier molecular flexibility index (Phi) is 3.54. The molecule has 3 rings (SSSR count). The van der Waals surface area contributed by atoms with Crippen LogP contribution in [0.4, 0.5) is 0 Å². The van der Waals surface area contributed by atoms with Gasteiger partial charge in [0.25, 0.3) is 0 Å². The molecule has 5 nitrogen and oxygen atoms in total. The summed E-state index contributed by atoms with van der Waals surface area (Å²) in [4.78, 5) is 24.6. The van der Waals surface area contributed by atoms with Crippen LogP contribution in [0.1, 0.15) is 25.7 Å². The van der Waals surface area contributed by atoms with Gasteiger partial charge in [0.2, 0.25) is 5.91 Å². The molecule has 1 atom stereocenters. The van der Waals surface area contributed by atoms with E-state index in [1.54, 1.807) is 11.8 Å². The summed E-state index contributed by atoms with van der Waals surface area (Å²) in [6.45, 7) is 2.91. The van der Waals surface area contributed by atoms with Crippen LogP contribution in [0.2, 0.25) is 0 Å². The predicted octanol–water partition coefficient (Wildman–Crippen LogP) is -0.0739. The number of likely N-dealkylation sites (N-methyl/N-ethyl adjacent to an activating group) is 1. The number of amides is 1. The van der Waals surface area contributed by atoms with Gasteiger partial charge in [-0.05, 0) is 19.3 Å². The van der Waals surface area contributed by atoms with E-state index in [-0.39, 0.29) is 17.0 Å². The van der Waals surface area contributed by atoms with Crippen LogP contribution in [0.25, 0.3) is 0 Å². The first-order chi connectivity index (χ1) is 9.50. The lowest BCUT2D eigenvalue weighted by atomic mass is 10.0. The molecule has 0 N–H and O–H groups in total. The molecule has 0 spiro atoms. The van der Waals surface area contributed by atoms with Crippen molar-refractivity contribution in [2.75, 3.05) is 32.4 Å². The number of quaternary nitrogens is 1. The highest BCUT2D eigenvalue weighted by molar-refractivity contribution is 8.00. The quantitative estimate of drug-likeness (QED) is 0.540. The van der Waals surface area contributed by atoms with E-state index in [2.05, 4.69) is 7.05 Å². The lowest BCUT2D eigenvalue weighted by Gasteiger charge is -2.47. The van der Waals surface area contributed by atoms with Crippen LogP contribution >= 0.6 is 11.8 Å². The Morgan fingerprint density at radius 3 is 2.70 bits per heavy atom. The number of β-lactam (4-membered cyclic amide) rings is 1. The number of aliphatic carboxylic acids is 1. The molecule has 3 aliphatic heterocycles. The van der Waals surface area contributed by atoms with Crippen molar-refractivity contribution in [1.29, 1.82) is 0 Å². The second-order valence-electron chi connectivity index (χ2n) is 6.26. The van der Waals surface area contributed by atoms with Gasteiger partial charge in [0, 0.05) is 11.3 Å². The zero-order valence-corrected chi connectivity index (χ0v) is 12.6. The zero-order valence-electron chi connectivity index (χ0n) is 11.8. The zero-order chi connectivity index (χ0) is 14.3. The van der Waals surface area contributed by atoms with Gasteiger partial charge in [-0.15, -0.1) is 11.8 Å². The SMILES string of the molecule is C[N+]1(CC2=C(C(=O)[O-])N3C(=O)C[C@@H]3SC2)CCCCC1. The smallest absolute Gasteiger partial charge is 0.230 e. The maximum atomic E-state index is 11.7. The molecule has 20 heavy (non-hydrogen) atoms. The molecule has 0 saturated carbocycles. The summed E-state index contributed by atoms with van der Waals surface area (Å²) in [5.41, 5.74) is 1.04. The number of carboxylic acids is 1. The summed E-state index contributed by atoms with van der Waals surface area (Å²) in [5.74, 6) is -0.562. The Bertz CT molecular complexity index is 483. The van der Waals surface area contributed by atoms with Crippen LogP contribution < -0.4 is 5.11 Å². The molecule has 0 aromatic heterocycles. The molecule has 1 amide bonds. The summed E-state index contributed by atoms with van der Waals surface area (Å²) < 4.78 is 0.888. The van der Waals surface area contributed by atoms with E-state index < -0.39 is 5.97 Å². The van der Waals surface area contributed by atoms with E-state index in [4.69, 9.17) is 0 Å². The molecule has 0 unspecified atom stereocenters. The number of likely N-dealkylation sites (tertiary alicyclic amines) is 1. The third-order valence-corrected chi connectivity index (χ3v) is 5.87. The first-order valence-corrected chi connectivity index (χ1v) is 8.26. The van der Waals surface area contributed by atoms with Gasteiger partial charge in [0.15, 0.2) is 0 Å². The maximum absolute atomic E-state index is 11.7. The Morgan fingerprint density at radius 1 is 1.40 bits per heavy atom. The summed E-state index contributed by atoms with van der Waals surface area (Å²) >= 11 is 1.68. The number of rotatable bonds is 3. The number of fused-ring (bicyclic) bond motifs is 1. The second-order valence-corrected chi connectivity index (χ2v) is 7.42. The Hall–Kier alpha value is -1.01. The number of piperidine rings is 1. The number of hydrogen-bond acceptors (Lipinski definition) is 4. The fraction of sp³-hybridized carbons (Fsp3) is 0.714. The van der Waals surface area contributed by atoms with E-state index in [1.165, 1.54) is 24.2 Å².